The summed E-state index contributed by atoms with van der Waals surface area (Å²) in [6, 6.07) is 7.93. The quantitative estimate of drug-likeness (QED) is 0.554. The second kappa shape index (κ2) is 8.32. The van der Waals surface area contributed by atoms with Crippen LogP contribution in [-0.4, -0.2) is 40.5 Å². The minimum Gasteiger partial charge on any atom is -0.484 e. The van der Waals surface area contributed by atoms with Crippen molar-refractivity contribution >= 4 is 39.2 Å². The lowest BCUT2D eigenvalue weighted by molar-refractivity contribution is -0.132. The number of ether oxygens (including phenoxy) is 1. The van der Waals surface area contributed by atoms with Crippen LogP contribution in [0, 0.1) is 0 Å². The normalized spacial score (nSPS) is 16.2. The fourth-order valence-corrected chi connectivity index (χ4v) is 6.34. The van der Waals surface area contributed by atoms with Crippen LogP contribution in [0.15, 0.2) is 40.5 Å². The van der Waals surface area contributed by atoms with Gasteiger partial charge in [-0.25, -0.2) is 9.97 Å². The molecule has 0 radical (unpaired) electrons. The average molecular weight is 426 g/mol. The predicted molar refractivity (Wildman–Crippen MR) is 116 cm³/mol. The molecule has 1 aliphatic heterocycles. The first kappa shape index (κ1) is 18.9. The SMILES string of the molecule is O=C(COc1cccc(Sc2ncnc3sc4c(c23)CCCC4)c1)N1CCCC1. The van der Waals surface area contributed by atoms with Gasteiger partial charge in [-0.3, -0.25) is 4.79 Å². The molecule has 0 unspecified atom stereocenters. The summed E-state index contributed by atoms with van der Waals surface area (Å²) in [6.07, 6.45) is 8.65. The van der Waals surface area contributed by atoms with Gasteiger partial charge in [0.05, 0.1) is 0 Å². The number of carbonyl (C=O) groups is 1. The number of benzene rings is 1. The Hall–Kier alpha value is -2.12. The third-order valence-corrected chi connectivity index (χ3v) is 7.75. The number of aromatic nitrogens is 2. The summed E-state index contributed by atoms with van der Waals surface area (Å²) in [7, 11) is 0. The first-order chi connectivity index (χ1) is 14.3. The van der Waals surface area contributed by atoms with Crippen molar-refractivity contribution in [3.63, 3.8) is 0 Å². The molecule has 3 aromatic rings. The Bertz CT molecular complexity index is 1040. The minimum atomic E-state index is 0.0722. The van der Waals surface area contributed by atoms with Gasteiger partial charge in [0.25, 0.3) is 5.91 Å². The number of thiophene rings is 1. The molecule has 1 amide bonds. The van der Waals surface area contributed by atoms with Crippen LogP contribution in [0.2, 0.25) is 0 Å². The van der Waals surface area contributed by atoms with E-state index < -0.39 is 0 Å². The molecule has 1 fully saturated rings. The van der Waals surface area contributed by atoms with E-state index in [0.717, 1.165) is 59.3 Å². The molecule has 0 saturated carbocycles. The van der Waals surface area contributed by atoms with E-state index in [1.165, 1.54) is 28.7 Å². The zero-order chi connectivity index (χ0) is 19.6. The van der Waals surface area contributed by atoms with Crippen LogP contribution in [0.1, 0.15) is 36.1 Å². The minimum absolute atomic E-state index is 0.0722. The van der Waals surface area contributed by atoms with Crippen LogP contribution < -0.4 is 4.74 Å². The van der Waals surface area contributed by atoms with Crippen LogP contribution in [-0.2, 0) is 17.6 Å². The zero-order valence-corrected chi connectivity index (χ0v) is 17.9. The number of carbonyl (C=O) groups excluding carboxylic acids is 1. The lowest BCUT2D eigenvalue weighted by Crippen LogP contribution is -2.32. The number of hydrogen-bond donors (Lipinski definition) is 0. The molecule has 1 aromatic carbocycles. The molecular formula is C22H23N3O2S2. The van der Waals surface area contributed by atoms with Crippen LogP contribution in [0.25, 0.3) is 10.2 Å². The molecule has 5 rings (SSSR count). The fourth-order valence-electron chi connectivity index (χ4n) is 4.08. The molecule has 1 saturated heterocycles. The lowest BCUT2D eigenvalue weighted by atomic mass is 9.97. The first-order valence-corrected chi connectivity index (χ1v) is 11.8. The smallest absolute Gasteiger partial charge is 0.260 e. The van der Waals surface area contributed by atoms with Crippen molar-refractivity contribution in [1.82, 2.24) is 14.9 Å². The number of hydrogen-bond acceptors (Lipinski definition) is 6. The molecule has 0 atom stereocenters. The molecule has 1 aliphatic carbocycles. The molecule has 0 spiro atoms. The second-order valence-corrected chi connectivity index (χ2v) is 9.67. The van der Waals surface area contributed by atoms with Gasteiger partial charge in [0, 0.05) is 28.2 Å². The third kappa shape index (κ3) is 3.98. The van der Waals surface area contributed by atoms with Crippen LogP contribution in [0.3, 0.4) is 0 Å². The Morgan fingerprint density at radius 1 is 1.14 bits per heavy atom. The Morgan fingerprint density at radius 2 is 2.00 bits per heavy atom. The Kier molecular flexibility index (Phi) is 5.42. The van der Waals surface area contributed by atoms with Crippen molar-refractivity contribution in [2.45, 2.75) is 48.4 Å². The molecule has 0 N–H and O–H groups in total. The average Bonchev–Trinajstić information content (AvgIpc) is 3.41. The van der Waals surface area contributed by atoms with Crippen molar-refractivity contribution in [2.75, 3.05) is 19.7 Å². The predicted octanol–water partition coefficient (Wildman–Crippen LogP) is 4.72. The molecule has 0 bridgehead atoms. The monoisotopic (exact) mass is 425 g/mol. The van der Waals surface area contributed by atoms with Gasteiger partial charge in [-0.15, -0.1) is 11.3 Å². The highest BCUT2D eigenvalue weighted by Crippen LogP contribution is 2.41. The highest BCUT2D eigenvalue weighted by molar-refractivity contribution is 7.99. The first-order valence-electron chi connectivity index (χ1n) is 10.2. The zero-order valence-electron chi connectivity index (χ0n) is 16.2. The van der Waals surface area contributed by atoms with Gasteiger partial charge in [0.2, 0.25) is 0 Å². The molecule has 2 aliphatic rings. The molecule has 5 nitrogen and oxygen atoms in total. The maximum atomic E-state index is 12.2. The van der Waals surface area contributed by atoms with Gasteiger partial charge >= 0.3 is 0 Å². The van der Waals surface area contributed by atoms with Crippen LogP contribution in [0.5, 0.6) is 5.75 Å². The van der Waals surface area contributed by atoms with Gasteiger partial charge in [0.1, 0.15) is 21.9 Å². The number of fused-ring (bicyclic) bond motifs is 3. The molecule has 29 heavy (non-hydrogen) atoms. The van der Waals surface area contributed by atoms with E-state index in [-0.39, 0.29) is 12.5 Å². The number of nitrogens with zero attached hydrogens (tertiary/aromatic N) is 3. The van der Waals surface area contributed by atoms with Crippen molar-refractivity contribution in [3.8, 4) is 5.75 Å². The van der Waals surface area contributed by atoms with Crippen LogP contribution >= 0.6 is 23.1 Å². The highest BCUT2D eigenvalue weighted by atomic mass is 32.2. The molecule has 3 heterocycles. The maximum Gasteiger partial charge on any atom is 0.260 e. The van der Waals surface area contributed by atoms with E-state index in [1.54, 1.807) is 18.1 Å². The van der Waals surface area contributed by atoms with E-state index in [2.05, 4.69) is 16.0 Å². The van der Waals surface area contributed by atoms with Crippen molar-refractivity contribution < 1.29 is 9.53 Å². The Morgan fingerprint density at radius 3 is 2.90 bits per heavy atom. The van der Waals surface area contributed by atoms with Gasteiger partial charge in [-0.1, -0.05) is 17.8 Å². The molecule has 7 heteroatoms. The standard InChI is InChI=1S/C22H23N3O2S2/c26-19(25-10-3-4-11-25)13-27-15-6-5-7-16(12-15)28-21-20-17-8-1-2-9-18(17)29-22(20)24-14-23-21/h5-7,12,14H,1-4,8-11,13H2. The van der Waals surface area contributed by atoms with Gasteiger partial charge in [0.15, 0.2) is 6.61 Å². The van der Waals surface area contributed by atoms with E-state index in [0.29, 0.717) is 0 Å². The topological polar surface area (TPSA) is 55.3 Å². The van der Waals surface area contributed by atoms with Gasteiger partial charge < -0.3 is 9.64 Å². The summed E-state index contributed by atoms with van der Waals surface area (Å²) in [6.45, 7) is 1.81. The Labute approximate surface area is 178 Å². The number of amides is 1. The summed E-state index contributed by atoms with van der Waals surface area (Å²) in [5, 5.41) is 2.24. The fraction of sp³-hybridized carbons (Fsp3) is 0.409. The van der Waals surface area contributed by atoms with Crippen molar-refractivity contribution in [1.29, 1.82) is 0 Å². The summed E-state index contributed by atoms with van der Waals surface area (Å²) in [4.78, 5) is 26.9. The van der Waals surface area contributed by atoms with E-state index >= 15 is 0 Å². The molecule has 2 aromatic heterocycles. The van der Waals surface area contributed by atoms with Gasteiger partial charge in [-0.2, -0.15) is 0 Å². The number of aryl methyl sites for hydroxylation is 2. The third-order valence-electron chi connectivity index (χ3n) is 5.56. The van der Waals surface area contributed by atoms with E-state index in [4.69, 9.17) is 4.74 Å². The van der Waals surface area contributed by atoms with E-state index in [1.807, 2.05) is 34.4 Å². The van der Waals surface area contributed by atoms with Crippen molar-refractivity contribution in [2.24, 2.45) is 0 Å². The summed E-state index contributed by atoms with van der Waals surface area (Å²) in [5.74, 6) is 0.795. The highest BCUT2D eigenvalue weighted by Gasteiger charge is 2.21. The molecular weight excluding hydrogens is 402 g/mol. The largest absolute Gasteiger partial charge is 0.484 e. The van der Waals surface area contributed by atoms with Crippen molar-refractivity contribution in [3.05, 3.63) is 41.0 Å². The van der Waals surface area contributed by atoms with Gasteiger partial charge in [-0.05, 0) is 62.3 Å². The molecule has 150 valence electrons. The maximum absolute atomic E-state index is 12.2. The summed E-state index contributed by atoms with van der Waals surface area (Å²) < 4.78 is 5.79. The number of rotatable bonds is 5. The lowest BCUT2D eigenvalue weighted by Gasteiger charge is -2.15. The number of likely N-dealkylation sites (tertiary alicyclic amines) is 1. The summed E-state index contributed by atoms with van der Waals surface area (Å²) in [5.41, 5.74) is 1.45. The second-order valence-electron chi connectivity index (χ2n) is 7.52. The summed E-state index contributed by atoms with van der Waals surface area (Å²) >= 11 is 3.47. The van der Waals surface area contributed by atoms with Crippen LogP contribution in [0.4, 0.5) is 0 Å². The van der Waals surface area contributed by atoms with E-state index in [9.17, 15) is 4.79 Å². The Balaban J connectivity index is 1.34.